The minimum atomic E-state index is -2.82. The molecule has 0 radical (unpaired) electrons. The average molecular weight is 305 g/mol. The van der Waals surface area contributed by atoms with Gasteiger partial charge in [-0.1, -0.05) is 13.5 Å². The van der Waals surface area contributed by atoms with E-state index in [-0.39, 0.29) is 5.78 Å². The highest BCUT2D eigenvalue weighted by Crippen LogP contribution is 2.23. The number of nitrogens with one attached hydrogen (secondary N) is 1. The number of nitrogens with zero attached hydrogens (tertiary/aromatic N) is 2. The van der Waals surface area contributed by atoms with Crippen molar-refractivity contribution in [2.75, 3.05) is 11.9 Å². The van der Waals surface area contributed by atoms with Crippen LogP contribution in [0.25, 0.3) is 0 Å². The third kappa shape index (κ3) is 3.84. The van der Waals surface area contributed by atoms with E-state index >= 15 is 0 Å². The third-order valence-electron chi connectivity index (χ3n) is 3.07. The zero-order valence-corrected chi connectivity index (χ0v) is 12.5. The van der Waals surface area contributed by atoms with Crippen LogP contribution in [0.3, 0.4) is 0 Å². The van der Waals surface area contributed by atoms with Crippen LogP contribution in [0, 0.1) is 0 Å². The van der Waals surface area contributed by atoms with E-state index in [1.165, 1.54) is 6.20 Å². The second kappa shape index (κ2) is 6.17. The molecule has 1 aromatic rings. The maximum atomic E-state index is 12.9. The van der Waals surface area contributed by atoms with Crippen LogP contribution in [0.1, 0.15) is 25.8 Å². The quantitative estimate of drug-likeness (QED) is 0.876. The van der Waals surface area contributed by atoms with Gasteiger partial charge in [-0.2, -0.15) is 0 Å². The molecule has 1 N–H and O–H groups in total. The predicted octanol–water partition coefficient (Wildman–Crippen LogP) is 3.37. The van der Waals surface area contributed by atoms with E-state index in [0.717, 1.165) is 6.92 Å². The summed E-state index contributed by atoms with van der Waals surface area (Å²) < 4.78 is 25.8. The van der Waals surface area contributed by atoms with Crippen LogP contribution >= 0.6 is 0 Å². The molecular formula is C16H17F2N3O. The third-order valence-corrected chi connectivity index (χ3v) is 3.07. The number of hydrogen-bond acceptors (Lipinski definition) is 4. The number of allylic oxidation sites excluding steroid dienone is 3. The summed E-state index contributed by atoms with van der Waals surface area (Å²) in [5.74, 6) is -2.56. The number of halogens is 2. The minimum Gasteiger partial charge on any atom is -0.364 e. The molecular weight excluding hydrogens is 288 g/mol. The van der Waals surface area contributed by atoms with Gasteiger partial charge in [0.25, 0.3) is 5.92 Å². The van der Waals surface area contributed by atoms with Gasteiger partial charge in [0.15, 0.2) is 5.78 Å². The Kier molecular flexibility index (Phi) is 4.49. The first-order chi connectivity index (χ1) is 10.3. The molecule has 1 aliphatic rings. The van der Waals surface area contributed by atoms with Crippen molar-refractivity contribution in [3.63, 3.8) is 0 Å². The first kappa shape index (κ1) is 16.0. The fourth-order valence-electron chi connectivity index (χ4n) is 1.95. The number of alkyl halides is 2. The molecule has 0 unspecified atom stereocenters. The Morgan fingerprint density at radius 2 is 2.18 bits per heavy atom. The van der Waals surface area contributed by atoms with Crippen LogP contribution < -0.4 is 5.32 Å². The molecule has 0 bridgehead atoms. The van der Waals surface area contributed by atoms with E-state index in [0.29, 0.717) is 34.8 Å². The van der Waals surface area contributed by atoms with Crippen LogP contribution in [0.4, 0.5) is 14.6 Å². The molecule has 0 spiro atoms. The molecule has 0 amide bonds. The number of ketones is 1. The molecule has 1 aliphatic heterocycles. The molecule has 22 heavy (non-hydrogen) atoms. The summed E-state index contributed by atoms with van der Waals surface area (Å²) in [4.78, 5) is 20.0. The van der Waals surface area contributed by atoms with Crippen molar-refractivity contribution >= 4 is 17.3 Å². The Hall–Kier alpha value is -2.37. The molecule has 0 atom stereocenters. The molecule has 2 heterocycles. The summed E-state index contributed by atoms with van der Waals surface area (Å²) in [7, 11) is 0. The van der Waals surface area contributed by atoms with Crippen LogP contribution in [0.5, 0.6) is 0 Å². The standard InChI is InChI=1S/C16H17F2N3O/c1-4-13(22)12-7-10(2)15(21-12)11-5-6-19-14(8-11)20-9-16(3,17)18/h5-8H,2,4,9H2,1,3H3,(H,19,20). The largest absolute Gasteiger partial charge is 0.364 e. The van der Waals surface area contributed by atoms with E-state index in [1.807, 2.05) is 0 Å². The zero-order valence-electron chi connectivity index (χ0n) is 12.5. The fraction of sp³-hybridized carbons (Fsp3) is 0.312. The molecule has 0 aliphatic carbocycles. The average Bonchev–Trinajstić information content (AvgIpc) is 2.86. The molecule has 1 aromatic heterocycles. The Labute approximate surface area is 127 Å². The van der Waals surface area contributed by atoms with Crippen molar-refractivity contribution in [3.8, 4) is 0 Å². The zero-order chi connectivity index (χ0) is 16.3. The smallest absolute Gasteiger partial charge is 0.262 e. The minimum absolute atomic E-state index is 0.0609. The Balaban J connectivity index is 2.20. The SMILES string of the molecule is C=C1C=C(C(=O)CC)N=C1c1ccnc(NCC(C)(F)F)c1. The van der Waals surface area contributed by atoms with Gasteiger partial charge < -0.3 is 5.32 Å². The number of anilines is 1. The van der Waals surface area contributed by atoms with Crippen LogP contribution in [-0.4, -0.2) is 28.9 Å². The van der Waals surface area contributed by atoms with Crippen molar-refractivity contribution in [1.29, 1.82) is 0 Å². The lowest BCUT2D eigenvalue weighted by atomic mass is 10.1. The van der Waals surface area contributed by atoms with Gasteiger partial charge in [-0.25, -0.2) is 18.8 Å². The van der Waals surface area contributed by atoms with Crippen molar-refractivity contribution in [2.45, 2.75) is 26.2 Å². The highest BCUT2D eigenvalue weighted by atomic mass is 19.3. The summed E-state index contributed by atoms with van der Waals surface area (Å²) >= 11 is 0. The first-order valence-electron chi connectivity index (χ1n) is 6.91. The van der Waals surface area contributed by atoms with Gasteiger partial charge in [-0.05, 0) is 23.8 Å². The number of hydrogen-bond donors (Lipinski definition) is 1. The molecule has 4 nitrogen and oxygen atoms in total. The summed E-state index contributed by atoms with van der Waals surface area (Å²) in [5.41, 5.74) is 2.23. The molecule has 2 rings (SSSR count). The molecule has 0 aromatic carbocycles. The maximum absolute atomic E-state index is 12.9. The highest BCUT2D eigenvalue weighted by Gasteiger charge is 2.21. The van der Waals surface area contributed by atoms with Gasteiger partial charge in [0.2, 0.25) is 0 Å². The topological polar surface area (TPSA) is 54.4 Å². The van der Waals surface area contributed by atoms with E-state index < -0.39 is 12.5 Å². The van der Waals surface area contributed by atoms with Crippen LogP contribution in [0.15, 0.2) is 47.2 Å². The van der Waals surface area contributed by atoms with Crippen molar-refractivity contribution in [2.24, 2.45) is 4.99 Å². The van der Waals surface area contributed by atoms with E-state index in [9.17, 15) is 13.6 Å². The van der Waals surface area contributed by atoms with Gasteiger partial charge in [0, 0.05) is 25.1 Å². The van der Waals surface area contributed by atoms with Crippen molar-refractivity contribution in [1.82, 2.24) is 4.98 Å². The number of carbonyl (C=O) groups excluding carboxylic acids is 1. The number of pyridine rings is 1. The van der Waals surface area contributed by atoms with Crippen molar-refractivity contribution in [3.05, 3.63) is 47.8 Å². The van der Waals surface area contributed by atoms with Gasteiger partial charge in [-0.15, -0.1) is 0 Å². The van der Waals surface area contributed by atoms with Crippen LogP contribution in [0.2, 0.25) is 0 Å². The number of rotatable bonds is 6. The molecule has 116 valence electrons. The van der Waals surface area contributed by atoms with Gasteiger partial charge in [0.1, 0.15) is 11.5 Å². The predicted molar refractivity (Wildman–Crippen MR) is 82.4 cm³/mol. The monoisotopic (exact) mass is 305 g/mol. The fourth-order valence-corrected chi connectivity index (χ4v) is 1.95. The lowest BCUT2D eigenvalue weighted by Gasteiger charge is -2.12. The molecule has 0 saturated heterocycles. The van der Waals surface area contributed by atoms with Crippen molar-refractivity contribution < 1.29 is 13.6 Å². The Morgan fingerprint density at radius 1 is 1.45 bits per heavy atom. The van der Waals surface area contributed by atoms with Gasteiger partial charge in [-0.3, -0.25) is 4.79 Å². The van der Waals surface area contributed by atoms with E-state index in [1.54, 1.807) is 25.1 Å². The maximum Gasteiger partial charge on any atom is 0.262 e. The second-order valence-electron chi connectivity index (χ2n) is 5.15. The number of aromatic nitrogens is 1. The summed E-state index contributed by atoms with van der Waals surface area (Å²) in [6.07, 6.45) is 3.50. The number of Topliss-reactive ketones (excluding diaryl/α,β-unsaturated/α-hetero) is 1. The van der Waals surface area contributed by atoms with Gasteiger partial charge in [0.05, 0.1) is 12.3 Å². The van der Waals surface area contributed by atoms with Gasteiger partial charge >= 0.3 is 0 Å². The Morgan fingerprint density at radius 3 is 2.82 bits per heavy atom. The number of carbonyl (C=O) groups is 1. The Bertz CT molecular complexity index is 672. The molecule has 0 saturated carbocycles. The van der Waals surface area contributed by atoms with E-state index in [4.69, 9.17) is 0 Å². The summed E-state index contributed by atoms with van der Waals surface area (Å²) in [5, 5.41) is 2.58. The lowest BCUT2D eigenvalue weighted by molar-refractivity contribution is -0.115. The molecule has 6 heteroatoms. The lowest BCUT2D eigenvalue weighted by Crippen LogP contribution is -2.23. The summed E-state index contributed by atoms with van der Waals surface area (Å²) in [6.45, 7) is 5.96. The highest BCUT2D eigenvalue weighted by molar-refractivity contribution is 6.19. The second-order valence-corrected chi connectivity index (χ2v) is 5.15. The molecule has 0 fully saturated rings. The first-order valence-corrected chi connectivity index (χ1v) is 6.91. The normalized spacial score (nSPS) is 14.6. The summed E-state index contributed by atoms with van der Waals surface area (Å²) in [6, 6.07) is 3.31. The number of aliphatic imine (C=N–C) groups is 1. The van der Waals surface area contributed by atoms with E-state index in [2.05, 4.69) is 21.9 Å². The van der Waals surface area contributed by atoms with Crippen LogP contribution in [-0.2, 0) is 4.79 Å².